The Morgan fingerprint density at radius 2 is 1.82 bits per heavy atom. The Morgan fingerprint density at radius 1 is 1.18 bits per heavy atom. The molecule has 0 radical (unpaired) electrons. The number of amides is 2. The molecule has 0 aliphatic heterocycles. The molecule has 6 heteroatoms. The molecule has 0 saturated heterocycles. The first kappa shape index (κ1) is 15.8. The van der Waals surface area contributed by atoms with Gasteiger partial charge < -0.3 is 15.7 Å². The van der Waals surface area contributed by atoms with E-state index in [4.69, 9.17) is 16.9 Å². The Morgan fingerprint density at radius 3 is 2.41 bits per heavy atom. The van der Waals surface area contributed by atoms with Gasteiger partial charge in [0.05, 0.1) is 17.7 Å². The smallest absolute Gasteiger partial charge is 0.319 e. The highest BCUT2D eigenvalue weighted by Gasteiger charge is 2.09. The summed E-state index contributed by atoms with van der Waals surface area (Å²) in [5.41, 5.74) is 1.75. The summed E-state index contributed by atoms with van der Waals surface area (Å²) in [6, 6.07) is 14.8. The number of nitrogens with one attached hydrogen (secondary N) is 2. The molecule has 0 fully saturated rings. The molecule has 0 saturated carbocycles. The number of aliphatic hydroxyl groups excluding tert-OH is 1. The lowest BCUT2D eigenvalue weighted by atomic mass is 10.1. The summed E-state index contributed by atoms with van der Waals surface area (Å²) in [5, 5.41) is 24.4. The van der Waals surface area contributed by atoms with Crippen LogP contribution in [0.5, 0.6) is 0 Å². The van der Waals surface area contributed by atoms with E-state index < -0.39 is 12.1 Å². The van der Waals surface area contributed by atoms with Crippen LogP contribution in [0.1, 0.15) is 17.2 Å². The summed E-state index contributed by atoms with van der Waals surface area (Å²) in [4.78, 5) is 11.7. The Hall–Kier alpha value is -2.55. The highest BCUT2D eigenvalue weighted by molar-refractivity contribution is 6.30. The van der Waals surface area contributed by atoms with Crippen molar-refractivity contribution in [2.45, 2.75) is 6.10 Å². The van der Waals surface area contributed by atoms with Crippen molar-refractivity contribution >= 4 is 23.3 Å². The lowest BCUT2D eigenvalue weighted by Crippen LogP contribution is -2.32. The number of nitrogens with zero attached hydrogens (tertiary/aromatic N) is 1. The number of carbonyl (C=O) groups is 1. The fourth-order valence-corrected chi connectivity index (χ4v) is 1.92. The maximum Gasteiger partial charge on any atom is 0.319 e. The number of benzene rings is 2. The summed E-state index contributed by atoms with van der Waals surface area (Å²) in [6.45, 7) is 0.0732. The molecular weight excluding hydrogens is 302 g/mol. The summed E-state index contributed by atoms with van der Waals surface area (Å²) in [5.74, 6) is 0. The minimum absolute atomic E-state index is 0.0732. The van der Waals surface area contributed by atoms with E-state index in [1.807, 2.05) is 6.07 Å². The number of urea groups is 1. The topological polar surface area (TPSA) is 85.2 Å². The van der Waals surface area contributed by atoms with Crippen LogP contribution < -0.4 is 10.6 Å². The Kier molecular flexibility index (Phi) is 5.37. The lowest BCUT2D eigenvalue weighted by molar-refractivity contribution is 0.175. The van der Waals surface area contributed by atoms with Crippen molar-refractivity contribution in [1.29, 1.82) is 5.26 Å². The van der Waals surface area contributed by atoms with Gasteiger partial charge in [-0.25, -0.2) is 4.79 Å². The number of nitriles is 1. The number of halogens is 1. The molecule has 1 atom stereocenters. The van der Waals surface area contributed by atoms with Gasteiger partial charge >= 0.3 is 6.03 Å². The van der Waals surface area contributed by atoms with Crippen molar-refractivity contribution in [3.05, 3.63) is 64.7 Å². The summed E-state index contributed by atoms with van der Waals surface area (Å²) in [7, 11) is 0. The predicted molar refractivity (Wildman–Crippen MR) is 84.6 cm³/mol. The van der Waals surface area contributed by atoms with Crippen molar-refractivity contribution < 1.29 is 9.90 Å². The zero-order valence-corrected chi connectivity index (χ0v) is 12.3. The van der Waals surface area contributed by atoms with Crippen molar-refractivity contribution in [3.63, 3.8) is 0 Å². The van der Waals surface area contributed by atoms with Gasteiger partial charge in [0, 0.05) is 17.3 Å². The van der Waals surface area contributed by atoms with Crippen LogP contribution in [0, 0.1) is 11.3 Å². The molecule has 2 rings (SSSR count). The van der Waals surface area contributed by atoms with E-state index in [2.05, 4.69) is 10.6 Å². The van der Waals surface area contributed by atoms with Crippen LogP contribution in [0.2, 0.25) is 5.02 Å². The van der Waals surface area contributed by atoms with Crippen LogP contribution in [0.3, 0.4) is 0 Å². The van der Waals surface area contributed by atoms with Gasteiger partial charge in [0.2, 0.25) is 0 Å². The molecule has 112 valence electrons. The fraction of sp³-hybridized carbons (Fsp3) is 0.125. The second-order valence-corrected chi connectivity index (χ2v) is 5.03. The minimum atomic E-state index is -0.816. The highest BCUT2D eigenvalue weighted by Crippen LogP contribution is 2.15. The first-order valence-corrected chi connectivity index (χ1v) is 6.95. The summed E-state index contributed by atoms with van der Waals surface area (Å²) < 4.78 is 0. The predicted octanol–water partition coefficient (Wildman–Crippen LogP) is 3.07. The molecule has 5 nitrogen and oxygen atoms in total. The maximum absolute atomic E-state index is 11.7. The quantitative estimate of drug-likeness (QED) is 0.810. The van der Waals surface area contributed by atoms with Crippen molar-refractivity contribution in [3.8, 4) is 6.07 Å². The molecule has 0 spiro atoms. The standard InChI is InChI=1S/C16H14ClN3O2/c17-13-5-3-12(4-6-13)15(21)10-19-16(22)20-14-7-1-11(9-18)2-8-14/h1-8,15,21H,10H2,(H2,19,20,22). The van der Waals surface area contributed by atoms with Gasteiger partial charge in [-0.15, -0.1) is 0 Å². The molecule has 0 heterocycles. The minimum Gasteiger partial charge on any atom is -0.387 e. The van der Waals surface area contributed by atoms with E-state index in [1.54, 1.807) is 48.5 Å². The van der Waals surface area contributed by atoms with Crippen LogP contribution >= 0.6 is 11.6 Å². The van der Waals surface area contributed by atoms with E-state index in [0.717, 1.165) is 0 Å². The van der Waals surface area contributed by atoms with Crippen molar-refractivity contribution in [1.82, 2.24) is 5.32 Å². The van der Waals surface area contributed by atoms with Crippen LogP contribution in [0.15, 0.2) is 48.5 Å². The number of hydrogen-bond donors (Lipinski definition) is 3. The van der Waals surface area contributed by atoms with E-state index in [9.17, 15) is 9.90 Å². The zero-order chi connectivity index (χ0) is 15.9. The third-order valence-corrected chi connectivity index (χ3v) is 3.23. The van der Waals surface area contributed by atoms with Gasteiger partial charge in [-0.3, -0.25) is 0 Å². The number of hydrogen-bond acceptors (Lipinski definition) is 3. The molecule has 2 aromatic carbocycles. The molecular formula is C16H14ClN3O2. The SMILES string of the molecule is N#Cc1ccc(NC(=O)NCC(O)c2ccc(Cl)cc2)cc1. The summed E-state index contributed by atoms with van der Waals surface area (Å²) >= 11 is 5.77. The molecule has 3 N–H and O–H groups in total. The van der Waals surface area contributed by atoms with Crippen molar-refractivity contribution in [2.24, 2.45) is 0 Å². The molecule has 0 bridgehead atoms. The van der Waals surface area contributed by atoms with Crippen LogP contribution in [0.25, 0.3) is 0 Å². The number of carbonyl (C=O) groups excluding carboxylic acids is 1. The van der Waals surface area contributed by atoms with Gasteiger partial charge in [-0.1, -0.05) is 23.7 Å². The highest BCUT2D eigenvalue weighted by atomic mass is 35.5. The van der Waals surface area contributed by atoms with Crippen LogP contribution in [-0.4, -0.2) is 17.7 Å². The molecule has 22 heavy (non-hydrogen) atoms. The molecule has 1 unspecified atom stereocenters. The maximum atomic E-state index is 11.7. The van der Waals surface area contributed by atoms with E-state index >= 15 is 0 Å². The monoisotopic (exact) mass is 315 g/mol. The zero-order valence-electron chi connectivity index (χ0n) is 11.6. The van der Waals surface area contributed by atoms with E-state index in [0.29, 0.717) is 21.8 Å². The first-order chi connectivity index (χ1) is 10.6. The van der Waals surface area contributed by atoms with Gasteiger partial charge in [-0.05, 0) is 42.0 Å². The van der Waals surface area contributed by atoms with Gasteiger partial charge in [-0.2, -0.15) is 5.26 Å². The molecule has 2 aromatic rings. The van der Waals surface area contributed by atoms with E-state index in [1.165, 1.54) is 0 Å². The third-order valence-electron chi connectivity index (χ3n) is 2.98. The van der Waals surface area contributed by atoms with Gasteiger partial charge in [0.1, 0.15) is 0 Å². The average molecular weight is 316 g/mol. The van der Waals surface area contributed by atoms with Crippen molar-refractivity contribution in [2.75, 3.05) is 11.9 Å². The molecule has 0 aromatic heterocycles. The summed E-state index contributed by atoms with van der Waals surface area (Å²) in [6.07, 6.45) is -0.816. The molecule has 2 amide bonds. The van der Waals surface area contributed by atoms with E-state index in [-0.39, 0.29) is 6.54 Å². The number of aliphatic hydroxyl groups is 1. The van der Waals surface area contributed by atoms with Gasteiger partial charge in [0.25, 0.3) is 0 Å². The van der Waals surface area contributed by atoms with Crippen LogP contribution in [-0.2, 0) is 0 Å². The average Bonchev–Trinajstić information content (AvgIpc) is 2.54. The Labute approximate surface area is 133 Å². The molecule has 0 aliphatic rings. The van der Waals surface area contributed by atoms with Gasteiger partial charge in [0.15, 0.2) is 0 Å². The normalized spacial score (nSPS) is 11.3. The second-order valence-electron chi connectivity index (χ2n) is 4.59. The number of anilines is 1. The Balaban J connectivity index is 1.84. The Bertz CT molecular complexity index is 678. The largest absolute Gasteiger partial charge is 0.387 e. The first-order valence-electron chi connectivity index (χ1n) is 6.57. The molecule has 0 aliphatic carbocycles. The second kappa shape index (κ2) is 7.46. The third kappa shape index (κ3) is 4.48. The fourth-order valence-electron chi connectivity index (χ4n) is 1.80. The van der Waals surface area contributed by atoms with Crippen LogP contribution in [0.4, 0.5) is 10.5 Å². The number of rotatable bonds is 4. The lowest BCUT2D eigenvalue weighted by Gasteiger charge is -2.13.